The van der Waals surface area contributed by atoms with Crippen LogP contribution in [0.2, 0.25) is 0 Å². The predicted octanol–water partition coefficient (Wildman–Crippen LogP) is 4.10. The lowest BCUT2D eigenvalue weighted by Gasteiger charge is -2.33. The van der Waals surface area contributed by atoms with E-state index in [4.69, 9.17) is 0 Å². The number of nitrogens with zero attached hydrogens (tertiary/aromatic N) is 2. The zero-order valence-corrected chi connectivity index (χ0v) is 22.8. The molecule has 0 aliphatic rings. The van der Waals surface area contributed by atoms with Crippen LogP contribution in [0.25, 0.3) is 0 Å². The Labute approximate surface area is 210 Å². The average molecular weight is 502 g/mol. The number of anilines is 1. The van der Waals surface area contributed by atoms with Gasteiger partial charge in [0, 0.05) is 12.6 Å². The lowest BCUT2D eigenvalue weighted by Crippen LogP contribution is -2.53. The molecule has 2 aromatic rings. The van der Waals surface area contributed by atoms with Gasteiger partial charge in [-0.2, -0.15) is 0 Å². The molecule has 0 bridgehead atoms. The fourth-order valence-electron chi connectivity index (χ4n) is 3.96. The van der Waals surface area contributed by atoms with Crippen LogP contribution in [-0.2, 0) is 26.2 Å². The van der Waals surface area contributed by atoms with Gasteiger partial charge in [-0.25, -0.2) is 8.42 Å². The highest BCUT2D eigenvalue weighted by Crippen LogP contribution is 2.22. The SMILES string of the molecule is CC[C@@H](C)NC(=O)[C@@H](CC)N(Cc1ccc(C)cc1)C(=O)CN(c1cc(C)cc(C)c1)S(C)(=O)=O. The van der Waals surface area contributed by atoms with Gasteiger partial charge in [-0.05, 0) is 69.4 Å². The standard InChI is InChI=1S/C27H39N3O4S/c1-8-22(6)28-27(32)25(9-2)29(17-23-12-10-19(3)11-13-23)26(31)18-30(35(7,33)34)24-15-20(4)14-21(5)16-24/h10-16,22,25H,8-9,17-18H2,1-7H3,(H,28,32)/t22-,25-/m1/s1. The number of aryl methyl sites for hydroxylation is 3. The molecule has 2 rings (SSSR count). The molecule has 35 heavy (non-hydrogen) atoms. The molecule has 0 aromatic heterocycles. The van der Waals surface area contributed by atoms with E-state index in [1.807, 2.05) is 71.9 Å². The number of amides is 2. The third-order valence-electron chi connectivity index (χ3n) is 6.03. The van der Waals surface area contributed by atoms with E-state index in [9.17, 15) is 18.0 Å². The fraction of sp³-hybridized carbons (Fsp3) is 0.481. The van der Waals surface area contributed by atoms with Gasteiger partial charge in [-0.3, -0.25) is 13.9 Å². The van der Waals surface area contributed by atoms with Crippen molar-refractivity contribution >= 4 is 27.5 Å². The second kappa shape index (κ2) is 12.2. The van der Waals surface area contributed by atoms with Crippen LogP contribution in [0, 0.1) is 20.8 Å². The van der Waals surface area contributed by atoms with Gasteiger partial charge in [-0.1, -0.05) is 49.7 Å². The molecule has 0 unspecified atom stereocenters. The van der Waals surface area contributed by atoms with Crippen LogP contribution in [0.1, 0.15) is 55.9 Å². The molecule has 2 aromatic carbocycles. The molecule has 0 spiro atoms. The summed E-state index contributed by atoms with van der Waals surface area (Å²) in [6, 6.07) is 12.4. The summed E-state index contributed by atoms with van der Waals surface area (Å²) in [6.07, 6.45) is 2.26. The van der Waals surface area contributed by atoms with Crippen molar-refractivity contribution in [2.24, 2.45) is 0 Å². The largest absolute Gasteiger partial charge is 0.352 e. The van der Waals surface area contributed by atoms with Crippen LogP contribution in [0.15, 0.2) is 42.5 Å². The van der Waals surface area contributed by atoms with E-state index in [-0.39, 0.29) is 25.0 Å². The third kappa shape index (κ3) is 8.09. The molecule has 0 saturated carbocycles. The monoisotopic (exact) mass is 501 g/mol. The molecule has 192 valence electrons. The third-order valence-corrected chi connectivity index (χ3v) is 7.17. The van der Waals surface area contributed by atoms with Crippen molar-refractivity contribution in [3.63, 3.8) is 0 Å². The maximum absolute atomic E-state index is 13.7. The van der Waals surface area contributed by atoms with Gasteiger partial charge in [0.2, 0.25) is 21.8 Å². The molecule has 0 saturated heterocycles. The van der Waals surface area contributed by atoms with Crippen LogP contribution < -0.4 is 9.62 Å². The Kier molecular flexibility index (Phi) is 9.89. The van der Waals surface area contributed by atoms with Gasteiger partial charge in [-0.15, -0.1) is 0 Å². The number of hydrogen-bond acceptors (Lipinski definition) is 4. The van der Waals surface area contributed by atoms with E-state index in [0.29, 0.717) is 12.1 Å². The lowest BCUT2D eigenvalue weighted by molar-refractivity contribution is -0.140. The number of nitrogens with one attached hydrogen (secondary N) is 1. The summed E-state index contributed by atoms with van der Waals surface area (Å²) < 4.78 is 26.6. The van der Waals surface area contributed by atoms with E-state index in [0.717, 1.165) is 39.2 Å². The minimum absolute atomic E-state index is 0.0318. The average Bonchev–Trinajstić information content (AvgIpc) is 2.76. The highest BCUT2D eigenvalue weighted by atomic mass is 32.2. The Morgan fingerprint density at radius 1 is 0.914 bits per heavy atom. The Morgan fingerprint density at radius 2 is 1.49 bits per heavy atom. The number of sulfonamides is 1. The maximum Gasteiger partial charge on any atom is 0.244 e. The van der Waals surface area contributed by atoms with Crippen LogP contribution in [0.3, 0.4) is 0 Å². The van der Waals surface area contributed by atoms with Crippen molar-refractivity contribution in [1.82, 2.24) is 10.2 Å². The number of hydrogen-bond donors (Lipinski definition) is 1. The summed E-state index contributed by atoms with van der Waals surface area (Å²) in [4.78, 5) is 28.4. The second-order valence-electron chi connectivity index (χ2n) is 9.36. The van der Waals surface area contributed by atoms with Gasteiger partial charge in [0.25, 0.3) is 0 Å². The summed E-state index contributed by atoms with van der Waals surface area (Å²) in [5.41, 5.74) is 4.20. The molecular formula is C27H39N3O4S. The van der Waals surface area contributed by atoms with E-state index >= 15 is 0 Å². The zero-order valence-electron chi connectivity index (χ0n) is 22.0. The first-order chi connectivity index (χ1) is 16.3. The molecule has 1 N–H and O–H groups in total. The molecule has 0 aliphatic heterocycles. The van der Waals surface area contributed by atoms with Gasteiger partial charge in [0.05, 0.1) is 11.9 Å². The quantitative estimate of drug-likeness (QED) is 0.502. The molecule has 8 heteroatoms. The van der Waals surface area contributed by atoms with Gasteiger partial charge in [0.15, 0.2) is 0 Å². The van der Waals surface area contributed by atoms with Crippen molar-refractivity contribution in [3.8, 4) is 0 Å². The Morgan fingerprint density at radius 3 is 1.97 bits per heavy atom. The normalized spacial score (nSPS) is 13.1. The summed E-state index contributed by atoms with van der Waals surface area (Å²) in [5.74, 6) is -0.666. The molecule has 2 atom stereocenters. The van der Waals surface area contributed by atoms with Gasteiger partial charge >= 0.3 is 0 Å². The summed E-state index contributed by atoms with van der Waals surface area (Å²) in [7, 11) is -3.75. The highest BCUT2D eigenvalue weighted by Gasteiger charge is 2.32. The lowest BCUT2D eigenvalue weighted by atomic mass is 10.1. The van der Waals surface area contributed by atoms with E-state index in [2.05, 4.69) is 5.32 Å². The van der Waals surface area contributed by atoms with Crippen LogP contribution in [0.5, 0.6) is 0 Å². The molecule has 2 amide bonds. The van der Waals surface area contributed by atoms with Gasteiger partial charge in [0.1, 0.15) is 12.6 Å². The van der Waals surface area contributed by atoms with Crippen molar-refractivity contribution in [3.05, 3.63) is 64.7 Å². The number of benzene rings is 2. The Hall–Kier alpha value is -2.87. The second-order valence-corrected chi connectivity index (χ2v) is 11.3. The maximum atomic E-state index is 13.7. The molecular weight excluding hydrogens is 462 g/mol. The van der Waals surface area contributed by atoms with Crippen LogP contribution in [-0.4, -0.2) is 50.0 Å². The zero-order chi connectivity index (χ0) is 26.3. The van der Waals surface area contributed by atoms with Crippen molar-refractivity contribution in [2.75, 3.05) is 17.1 Å². The van der Waals surface area contributed by atoms with Crippen molar-refractivity contribution in [2.45, 2.75) is 73.0 Å². The first-order valence-electron chi connectivity index (χ1n) is 12.1. The molecule has 7 nitrogen and oxygen atoms in total. The van der Waals surface area contributed by atoms with Crippen molar-refractivity contribution < 1.29 is 18.0 Å². The molecule has 0 fully saturated rings. The first kappa shape index (κ1) is 28.4. The van der Waals surface area contributed by atoms with Gasteiger partial charge < -0.3 is 10.2 Å². The first-order valence-corrected chi connectivity index (χ1v) is 13.9. The summed E-state index contributed by atoms with van der Waals surface area (Å²) in [5, 5.41) is 2.98. The molecule has 0 aliphatic carbocycles. The van der Waals surface area contributed by atoms with E-state index < -0.39 is 22.0 Å². The fourth-order valence-corrected chi connectivity index (χ4v) is 4.79. The van der Waals surface area contributed by atoms with Crippen LogP contribution >= 0.6 is 0 Å². The Balaban J connectivity index is 2.46. The summed E-state index contributed by atoms with van der Waals surface area (Å²) in [6.45, 7) is 11.3. The topological polar surface area (TPSA) is 86.8 Å². The van der Waals surface area contributed by atoms with Crippen LogP contribution in [0.4, 0.5) is 5.69 Å². The Bertz CT molecular complexity index is 1110. The number of carbonyl (C=O) groups is 2. The molecule has 0 radical (unpaired) electrons. The van der Waals surface area contributed by atoms with E-state index in [1.165, 1.54) is 4.90 Å². The molecule has 0 heterocycles. The number of rotatable bonds is 11. The smallest absolute Gasteiger partial charge is 0.244 e. The minimum Gasteiger partial charge on any atom is -0.352 e. The number of carbonyl (C=O) groups excluding carboxylic acids is 2. The van der Waals surface area contributed by atoms with Crippen molar-refractivity contribution in [1.29, 1.82) is 0 Å². The highest BCUT2D eigenvalue weighted by molar-refractivity contribution is 7.92. The predicted molar refractivity (Wildman–Crippen MR) is 142 cm³/mol. The minimum atomic E-state index is -3.75. The summed E-state index contributed by atoms with van der Waals surface area (Å²) >= 11 is 0. The van der Waals surface area contributed by atoms with E-state index in [1.54, 1.807) is 12.1 Å².